The van der Waals surface area contributed by atoms with Crippen molar-refractivity contribution in [2.24, 2.45) is 5.73 Å². The number of hydrogen-bond donors (Lipinski definition) is 1. The quantitative estimate of drug-likeness (QED) is 0.761. The summed E-state index contributed by atoms with van der Waals surface area (Å²) in [6.07, 6.45) is 3.55. The summed E-state index contributed by atoms with van der Waals surface area (Å²) in [6.45, 7) is 4.19. The Morgan fingerprint density at radius 3 is 2.88 bits per heavy atom. The first kappa shape index (κ1) is 12.7. The Kier molecular flexibility index (Phi) is 4.98. The van der Waals surface area contributed by atoms with E-state index in [2.05, 4.69) is 12.0 Å². The van der Waals surface area contributed by atoms with Gasteiger partial charge in [-0.1, -0.05) is 6.92 Å². The Morgan fingerprint density at radius 2 is 2.31 bits per heavy atom. The van der Waals surface area contributed by atoms with E-state index in [0.29, 0.717) is 13.1 Å². The standard InChI is InChI=1S/C11H20N4O/c1-3-6-14(2)10-8-11(16)15(13-9-10)7-4-5-12/h8-9H,3-7,12H2,1-2H3. The number of nitrogens with zero attached hydrogens (tertiary/aromatic N) is 3. The molecule has 0 fully saturated rings. The third-order valence-corrected chi connectivity index (χ3v) is 2.43. The van der Waals surface area contributed by atoms with Crippen LogP contribution in [0.4, 0.5) is 5.69 Å². The molecule has 90 valence electrons. The third kappa shape index (κ3) is 3.34. The number of rotatable bonds is 6. The Labute approximate surface area is 95.9 Å². The van der Waals surface area contributed by atoms with Crippen LogP contribution in [0, 0.1) is 0 Å². The van der Waals surface area contributed by atoms with Gasteiger partial charge >= 0.3 is 0 Å². The maximum Gasteiger partial charge on any atom is 0.268 e. The van der Waals surface area contributed by atoms with Crippen LogP contribution in [0.25, 0.3) is 0 Å². The molecule has 1 aromatic heterocycles. The van der Waals surface area contributed by atoms with Gasteiger partial charge in [-0.3, -0.25) is 4.79 Å². The van der Waals surface area contributed by atoms with Crippen LogP contribution in [0.3, 0.4) is 0 Å². The van der Waals surface area contributed by atoms with Crippen molar-refractivity contribution in [3.05, 3.63) is 22.6 Å². The molecule has 5 nitrogen and oxygen atoms in total. The molecule has 0 bridgehead atoms. The molecule has 0 aliphatic carbocycles. The van der Waals surface area contributed by atoms with E-state index in [0.717, 1.165) is 25.1 Å². The molecule has 0 unspecified atom stereocenters. The smallest absolute Gasteiger partial charge is 0.268 e. The first-order valence-electron chi connectivity index (χ1n) is 5.67. The molecule has 0 aromatic carbocycles. The highest BCUT2D eigenvalue weighted by Gasteiger charge is 2.03. The van der Waals surface area contributed by atoms with Gasteiger partial charge in [-0.2, -0.15) is 5.10 Å². The number of nitrogens with two attached hydrogens (primary N) is 1. The van der Waals surface area contributed by atoms with Gasteiger partial charge in [-0.25, -0.2) is 4.68 Å². The lowest BCUT2D eigenvalue weighted by Gasteiger charge is -2.17. The molecular weight excluding hydrogens is 204 g/mol. The summed E-state index contributed by atoms with van der Waals surface area (Å²) in [4.78, 5) is 13.7. The van der Waals surface area contributed by atoms with Gasteiger partial charge in [0.15, 0.2) is 0 Å². The van der Waals surface area contributed by atoms with Gasteiger partial charge < -0.3 is 10.6 Å². The second kappa shape index (κ2) is 6.27. The summed E-state index contributed by atoms with van der Waals surface area (Å²) in [6, 6.07) is 1.62. The van der Waals surface area contributed by atoms with Gasteiger partial charge in [0, 0.05) is 26.2 Å². The van der Waals surface area contributed by atoms with Crippen LogP contribution in [-0.4, -0.2) is 29.9 Å². The Bertz CT molecular complexity index is 374. The topological polar surface area (TPSA) is 64.2 Å². The molecule has 0 saturated heterocycles. The molecular formula is C11H20N4O. The number of aryl methyl sites for hydroxylation is 1. The van der Waals surface area contributed by atoms with Crippen LogP contribution in [0.2, 0.25) is 0 Å². The van der Waals surface area contributed by atoms with E-state index in [1.54, 1.807) is 12.3 Å². The predicted molar refractivity (Wildman–Crippen MR) is 65.7 cm³/mol. The van der Waals surface area contributed by atoms with Gasteiger partial charge in [0.05, 0.1) is 11.9 Å². The third-order valence-electron chi connectivity index (χ3n) is 2.43. The molecule has 2 N–H and O–H groups in total. The van der Waals surface area contributed by atoms with Crippen molar-refractivity contribution >= 4 is 5.69 Å². The fraction of sp³-hybridized carbons (Fsp3) is 0.636. The average Bonchev–Trinajstić information content (AvgIpc) is 2.27. The maximum atomic E-state index is 11.7. The molecule has 0 aliphatic heterocycles. The van der Waals surface area contributed by atoms with Crippen molar-refractivity contribution in [3.8, 4) is 0 Å². The molecule has 1 heterocycles. The van der Waals surface area contributed by atoms with E-state index in [1.807, 2.05) is 11.9 Å². The Hall–Kier alpha value is -1.36. The lowest BCUT2D eigenvalue weighted by molar-refractivity contribution is 0.553. The number of aromatic nitrogens is 2. The molecule has 1 rings (SSSR count). The second-order valence-corrected chi connectivity index (χ2v) is 3.84. The van der Waals surface area contributed by atoms with E-state index < -0.39 is 0 Å². The zero-order valence-corrected chi connectivity index (χ0v) is 10.0. The molecule has 0 aliphatic rings. The van der Waals surface area contributed by atoms with E-state index in [4.69, 9.17) is 5.73 Å². The van der Waals surface area contributed by atoms with E-state index in [1.165, 1.54) is 4.68 Å². The number of anilines is 1. The van der Waals surface area contributed by atoms with Crippen LogP contribution in [0.15, 0.2) is 17.1 Å². The van der Waals surface area contributed by atoms with Crippen LogP contribution in [0.1, 0.15) is 19.8 Å². The van der Waals surface area contributed by atoms with Crippen molar-refractivity contribution in [3.63, 3.8) is 0 Å². The van der Waals surface area contributed by atoms with Gasteiger partial charge in [-0.15, -0.1) is 0 Å². The van der Waals surface area contributed by atoms with Gasteiger partial charge in [0.25, 0.3) is 5.56 Å². The second-order valence-electron chi connectivity index (χ2n) is 3.84. The van der Waals surface area contributed by atoms with Crippen molar-refractivity contribution < 1.29 is 0 Å². The van der Waals surface area contributed by atoms with Gasteiger partial charge in [0.2, 0.25) is 0 Å². The largest absolute Gasteiger partial charge is 0.373 e. The summed E-state index contributed by atoms with van der Waals surface area (Å²) in [5, 5.41) is 4.13. The summed E-state index contributed by atoms with van der Waals surface area (Å²) < 4.78 is 1.45. The van der Waals surface area contributed by atoms with Crippen molar-refractivity contribution in [2.45, 2.75) is 26.3 Å². The summed E-state index contributed by atoms with van der Waals surface area (Å²) >= 11 is 0. The minimum atomic E-state index is -0.0612. The summed E-state index contributed by atoms with van der Waals surface area (Å²) in [5.41, 5.74) is 6.20. The monoisotopic (exact) mass is 224 g/mol. The molecule has 0 spiro atoms. The molecule has 16 heavy (non-hydrogen) atoms. The van der Waals surface area contributed by atoms with Gasteiger partial charge in [-0.05, 0) is 19.4 Å². The molecule has 1 aromatic rings. The highest BCUT2D eigenvalue weighted by atomic mass is 16.1. The first-order chi connectivity index (χ1) is 7.69. The first-order valence-corrected chi connectivity index (χ1v) is 5.67. The molecule has 5 heteroatoms. The summed E-state index contributed by atoms with van der Waals surface area (Å²) in [7, 11) is 1.96. The van der Waals surface area contributed by atoms with E-state index in [9.17, 15) is 4.79 Å². The molecule has 0 saturated carbocycles. The summed E-state index contributed by atoms with van der Waals surface area (Å²) in [5.74, 6) is 0. The van der Waals surface area contributed by atoms with E-state index >= 15 is 0 Å². The predicted octanol–water partition coefficient (Wildman–Crippen LogP) is 0.438. The molecule has 0 atom stereocenters. The molecule has 0 radical (unpaired) electrons. The highest BCUT2D eigenvalue weighted by molar-refractivity contribution is 5.41. The van der Waals surface area contributed by atoms with Crippen molar-refractivity contribution in [1.29, 1.82) is 0 Å². The van der Waals surface area contributed by atoms with Crippen LogP contribution in [-0.2, 0) is 6.54 Å². The minimum absolute atomic E-state index is 0.0612. The van der Waals surface area contributed by atoms with Crippen LogP contribution in [0.5, 0.6) is 0 Å². The normalized spacial score (nSPS) is 10.4. The molecule has 0 amide bonds. The van der Waals surface area contributed by atoms with Crippen LogP contribution < -0.4 is 16.2 Å². The zero-order valence-electron chi connectivity index (χ0n) is 10.0. The van der Waals surface area contributed by atoms with Crippen molar-refractivity contribution in [2.75, 3.05) is 25.0 Å². The van der Waals surface area contributed by atoms with Gasteiger partial charge in [0.1, 0.15) is 0 Å². The average molecular weight is 224 g/mol. The fourth-order valence-corrected chi connectivity index (χ4v) is 1.51. The minimum Gasteiger partial charge on any atom is -0.373 e. The SMILES string of the molecule is CCCN(C)c1cnn(CCCN)c(=O)c1. The number of hydrogen-bond acceptors (Lipinski definition) is 4. The Balaban J connectivity index is 2.78. The maximum absolute atomic E-state index is 11.7. The fourth-order valence-electron chi connectivity index (χ4n) is 1.51. The lowest BCUT2D eigenvalue weighted by Crippen LogP contribution is -2.26. The van der Waals surface area contributed by atoms with Crippen LogP contribution >= 0.6 is 0 Å². The van der Waals surface area contributed by atoms with E-state index in [-0.39, 0.29) is 5.56 Å². The zero-order chi connectivity index (χ0) is 12.0. The van der Waals surface area contributed by atoms with Crippen molar-refractivity contribution in [1.82, 2.24) is 9.78 Å². The highest BCUT2D eigenvalue weighted by Crippen LogP contribution is 2.06. The lowest BCUT2D eigenvalue weighted by atomic mass is 10.3. The Morgan fingerprint density at radius 1 is 1.56 bits per heavy atom.